The molecule has 0 aliphatic carbocycles. The van der Waals surface area contributed by atoms with E-state index in [4.69, 9.17) is 16.3 Å². The van der Waals surface area contributed by atoms with E-state index in [0.29, 0.717) is 25.6 Å². The first-order chi connectivity index (χ1) is 19.3. The highest BCUT2D eigenvalue weighted by Gasteiger charge is 2.04. The van der Waals surface area contributed by atoms with E-state index in [9.17, 15) is 14.4 Å². The van der Waals surface area contributed by atoms with Crippen molar-refractivity contribution in [2.45, 2.75) is 59.9 Å². The van der Waals surface area contributed by atoms with Crippen molar-refractivity contribution in [1.82, 2.24) is 21.3 Å². The fourth-order valence-corrected chi connectivity index (χ4v) is 3.48. The minimum atomic E-state index is -0.423. The number of hydrogen-bond acceptors (Lipinski definition) is 5. The standard InChI is InChI=1S/C22H34N4O4.C7H7Cl.C2H6/c1-3-4-8-18(2)24-13-14-30-20-11-6-5-9-19(20)10-7-12-25-22(29)16-26-21(28)15-23-17-27;1-6-3-2-4-7(8)5-6;1-2/h5-7,9-11,17-18,24H,3-4,8,12-16H2,1-2H3,(H,23,27)(H,25,29)(H,26,28);2-5H,1H3;1-2H3/b10-7+;;. The van der Waals surface area contributed by atoms with E-state index in [1.807, 2.05) is 81.5 Å². The lowest BCUT2D eigenvalue weighted by Crippen LogP contribution is -2.40. The molecule has 0 aliphatic heterocycles. The van der Waals surface area contributed by atoms with Crippen LogP contribution in [0.15, 0.2) is 54.6 Å². The van der Waals surface area contributed by atoms with Crippen molar-refractivity contribution in [2.75, 3.05) is 32.8 Å². The van der Waals surface area contributed by atoms with Crippen LogP contribution in [0.4, 0.5) is 0 Å². The molecule has 4 N–H and O–H groups in total. The van der Waals surface area contributed by atoms with E-state index in [1.54, 1.807) is 0 Å². The average molecular weight is 575 g/mol. The maximum Gasteiger partial charge on any atom is 0.239 e. The smallest absolute Gasteiger partial charge is 0.239 e. The van der Waals surface area contributed by atoms with Crippen LogP contribution >= 0.6 is 11.6 Å². The Morgan fingerprint density at radius 2 is 1.75 bits per heavy atom. The van der Waals surface area contributed by atoms with E-state index in [1.165, 1.54) is 24.8 Å². The normalized spacial score (nSPS) is 10.8. The lowest BCUT2D eigenvalue weighted by molar-refractivity contribution is -0.126. The fourth-order valence-electron chi connectivity index (χ4n) is 3.23. The van der Waals surface area contributed by atoms with Crippen LogP contribution in [0.5, 0.6) is 5.75 Å². The van der Waals surface area contributed by atoms with E-state index >= 15 is 0 Å². The molecule has 1 atom stereocenters. The van der Waals surface area contributed by atoms with Gasteiger partial charge in [-0.1, -0.05) is 87.7 Å². The zero-order valence-electron chi connectivity index (χ0n) is 24.6. The van der Waals surface area contributed by atoms with Gasteiger partial charge in [0.25, 0.3) is 0 Å². The minimum Gasteiger partial charge on any atom is -0.492 e. The zero-order chi connectivity index (χ0) is 30.0. The maximum atomic E-state index is 11.7. The van der Waals surface area contributed by atoms with Crippen LogP contribution in [0.3, 0.4) is 0 Å². The Morgan fingerprint density at radius 1 is 1.02 bits per heavy atom. The van der Waals surface area contributed by atoms with Gasteiger partial charge in [0.15, 0.2) is 0 Å². The highest BCUT2D eigenvalue weighted by atomic mass is 35.5. The quantitative estimate of drug-likeness (QED) is 0.168. The molecule has 0 radical (unpaired) electrons. The summed E-state index contributed by atoms with van der Waals surface area (Å²) >= 11 is 5.64. The molecule has 2 aromatic rings. The van der Waals surface area contributed by atoms with Crippen molar-refractivity contribution < 1.29 is 19.1 Å². The van der Waals surface area contributed by atoms with Crippen LogP contribution in [0.1, 0.15) is 58.1 Å². The number of aryl methyl sites for hydroxylation is 1. The van der Waals surface area contributed by atoms with Crippen LogP contribution in [-0.4, -0.2) is 57.1 Å². The molecule has 1 unspecified atom stereocenters. The van der Waals surface area contributed by atoms with E-state index in [0.717, 1.165) is 22.9 Å². The Hall–Kier alpha value is -3.36. The molecule has 9 heteroatoms. The van der Waals surface area contributed by atoms with E-state index in [2.05, 4.69) is 35.1 Å². The van der Waals surface area contributed by atoms with Gasteiger partial charge in [0.1, 0.15) is 12.4 Å². The Labute approximate surface area is 245 Å². The summed E-state index contributed by atoms with van der Waals surface area (Å²) in [6.45, 7) is 11.8. The number of rotatable bonds is 16. The number of carbonyl (C=O) groups excluding carboxylic acids is 3. The van der Waals surface area contributed by atoms with Gasteiger partial charge in [-0.25, -0.2) is 0 Å². The summed E-state index contributed by atoms with van der Waals surface area (Å²) in [4.78, 5) is 33.1. The SMILES string of the molecule is CC.CCCCC(C)NCCOc1ccccc1/C=C/CNC(=O)CNC(=O)CNC=O.Cc1cccc(Cl)c1. The van der Waals surface area contributed by atoms with Gasteiger partial charge < -0.3 is 26.0 Å². The largest absolute Gasteiger partial charge is 0.492 e. The number of unbranched alkanes of at least 4 members (excludes halogenated alkanes) is 1. The molecule has 2 rings (SSSR count). The van der Waals surface area contributed by atoms with Crippen LogP contribution in [0.25, 0.3) is 6.08 Å². The molecule has 0 aromatic heterocycles. The molecule has 0 aliphatic rings. The molecule has 0 spiro atoms. The van der Waals surface area contributed by atoms with Crippen molar-refractivity contribution in [3.8, 4) is 5.75 Å². The summed E-state index contributed by atoms with van der Waals surface area (Å²) < 4.78 is 5.89. The maximum absolute atomic E-state index is 11.7. The number of nitrogens with one attached hydrogen (secondary N) is 4. The summed E-state index contributed by atoms with van der Waals surface area (Å²) in [7, 11) is 0. The third-order valence-corrected chi connectivity index (χ3v) is 5.48. The molecule has 0 heterocycles. The Bertz CT molecular complexity index is 984. The predicted molar refractivity (Wildman–Crippen MR) is 166 cm³/mol. The zero-order valence-corrected chi connectivity index (χ0v) is 25.4. The first kappa shape index (κ1) is 36.6. The van der Waals surface area contributed by atoms with Crippen molar-refractivity contribution in [3.63, 3.8) is 0 Å². The molecule has 222 valence electrons. The number of halogens is 1. The Kier molecular flexibility index (Phi) is 22.6. The molecular formula is C31H47ClN4O4. The molecule has 3 amide bonds. The lowest BCUT2D eigenvalue weighted by Gasteiger charge is -2.14. The van der Waals surface area contributed by atoms with Crippen LogP contribution in [0, 0.1) is 6.92 Å². The van der Waals surface area contributed by atoms with Crippen LogP contribution in [0.2, 0.25) is 5.02 Å². The second kappa shape index (κ2) is 24.7. The second-order valence-corrected chi connectivity index (χ2v) is 9.10. The van der Waals surface area contributed by atoms with Gasteiger partial charge in [0, 0.05) is 29.7 Å². The third kappa shape index (κ3) is 19.7. The summed E-state index contributed by atoms with van der Waals surface area (Å²) in [6.07, 6.45) is 7.73. The highest BCUT2D eigenvalue weighted by molar-refractivity contribution is 6.30. The number of ether oxygens (including phenoxy) is 1. The van der Waals surface area contributed by atoms with Crippen molar-refractivity contribution in [3.05, 3.63) is 70.8 Å². The monoisotopic (exact) mass is 574 g/mol. The fraction of sp³-hybridized carbons (Fsp3) is 0.452. The Morgan fingerprint density at radius 3 is 2.40 bits per heavy atom. The van der Waals surface area contributed by atoms with Gasteiger partial charge >= 0.3 is 0 Å². The Balaban J connectivity index is 0.00000128. The predicted octanol–water partition coefficient (Wildman–Crippen LogP) is 4.90. The molecule has 40 heavy (non-hydrogen) atoms. The first-order valence-electron chi connectivity index (χ1n) is 13.9. The van der Waals surface area contributed by atoms with Gasteiger partial charge in [-0.15, -0.1) is 0 Å². The second-order valence-electron chi connectivity index (χ2n) is 8.66. The summed E-state index contributed by atoms with van der Waals surface area (Å²) in [5.41, 5.74) is 2.14. The summed E-state index contributed by atoms with van der Waals surface area (Å²) in [5.74, 6) is 0.0537. The van der Waals surface area contributed by atoms with Gasteiger partial charge in [-0.2, -0.15) is 0 Å². The number of benzene rings is 2. The lowest BCUT2D eigenvalue weighted by atomic mass is 10.1. The number of para-hydroxylation sites is 1. The third-order valence-electron chi connectivity index (χ3n) is 5.25. The number of amides is 3. The highest BCUT2D eigenvalue weighted by Crippen LogP contribution is 2.19. The first-order valence-corrected chi connectivity index (χ1v) is 14.3. The van der Waals surface area contributed by atoms with Gasteiger partial charge in [0.05, 0.1) is 13.1 Å². The molecule has 8 nitrogen and oxygen atoms in total. The van der Waals surface area contributed by atoms with Crippen LogP contribution in [-0.2, 0) is 14.4 Å². The number of carbonyl (C=O) groups is 3. The molecule has 2 aromatic carbocycles. The molecule has 0 saturated heterocycles. The van der Waals surface area contributed by atoms with Crippen molar-refractivity contribution in [2.24, 2.45) is 0 Å². The molecule has 0 saturated carbocycles. The van der Waals surface area contributed by atoms with Gasteiger partial charge in [0.2, 0.25) is 18.2 Å². The average Bonchev–Trinajstić information content (AvgIpc) is 2.96. The molecular weight excluding hydrogens is 528 g/mol. The van der Waals surface area contributed by atoms with Crippen molar-refractivity contribution in [1.29, 1.82) is 0 Å². The number of hydrogen-bond donors (Lipinski definition) is 4. The molecule has 0 bridgehead atoms. The minimum absolute atomic E-state index is 0.142. The van der Waals surface area contributed by atoms with Gasteiger partial charge in [-0.3, -0.25) is 14.4 Å². The van der Waals surface area contributed by atoms with E-state index < -0.39 is 5.91 Å². The topological polar surface area (TPSA) is 109 Å². The van der Waals surface area contributed by atoms with Gasteiger partial charge in [-0.05, 0) is 44.0 Å². The molecule has 0 fully saturated rings. The van der Waals surface area contributed by atoms with Crippen LogP contribution < -0.4 is 26.0 Å². The summed E-state index contributed by atoms with van der Waals surface area (Å²) in [5, 5.41) is 11.6. The van der Waals surface area contributed by atoms with E-state index in [-0.39, 0.29) is 19.0 Å². The summed E-state index contributed by atoms with van der Waals surface area (Å²) in [6, 6.07) is 16.0. The van der Waals surface area contributed by atoms with Crippen molar-refractivity contribution >= 4 is 35.9 Å².